The molecule has 1 amide bonds. The van der Waals surface area contributed by atoms with Crippen molar-refractivity contribution in [1.29, 1.82) is 0 Å². The molecule has 1 aliphatic heterocycles. The number of methoxy groups -OCH3 is 2. The van der Waals surface area contributed by atoms with E-state index in [1.807, 2.05) is 6.92 Å². The highest BCUT2D eigenvalue weighted by atomic mass is 16.5. The minimum Gasteiger partial charge on any atom is -0.493 e. The summed E-state index contributed by atoms with van der Waals surface area (Å²) >= 11 is 0. The highest BCUT2D eigenvalue weighted by Gasteiger charge is 2.37. The Labute approximate surface area is 124 Å². The molecule has 1 fully saturated rings. The molecule has 1 aromatic carbocycles. The Hall–Kier alpha value is -1.79. The third kappa shape index (κ3) is 3.11. The van der Waals surface area contributed by atoms with E-state index in [1.54, 1.807) is 37.3 Å². The Balaban J connectivity index is 2.25. The van der Waals surface area contributed by atoms with Crippen molar-refractivity contribution in [2.24, 2.45) is 0 Å². The van der Waals surface area contributed by atoms with Gasteiger partial charge in [0.25, 0.3) is 5.91 Å². The van der Waals surface area contributed by atoms with Crippen LogP contribution in [0, 0.1) is 0 Å². The number of anilines is 1. The number of rotatable bonds is 5. The first kappa shape index (κ1) is 15.6. The molecule has 0 saturated carbocycles. The van der Waals surface area contributed by atoms with Gasteiger partial charge in [-0.1, -0.05) is 6.07 Å². The smallest absolute Gasteiger partial charge is 0.259 e. The molecule has 1 heterocycles. The van der Waals surface area contributed by atoms with E-state index in [1.165, 1.54) is 0 Å². The van der Waals surface area contributed by atoms with Gasteiger partial charge in [-0.2, -0.15) is 0 Å². The van der Waals surface area contributed by atoms with Crippen LogP contribution in [-0.4, -0.2) is 56.9 Å². The first-order valence-corrected chi connectivity index (χ1v) is 6.98. The molecule has 2 atom stereocenters. The van der Waals surface area contributed by atoms with E-state index in [4.69, 9.17) is 19.9 Å². The Morgan fingerprint density at radius 2 is 1.90 bits per heavy atom. The van der Waals surface area contributed by atoms with Crippen molar-refractivity contribution in [3.63, 3.8) is 0 Å². The van der Waals surface area contributed by atoms with E-state index in [2.05, 4.69) is 0 Å². The summed E-state index contributed by atoms with van der Waals surface area (Å²) in [6.07, 6.45) is -0.251. The van der Waals surface area contributed by atoms with E-state index in [-0.39, 0.29) is 18.1 Å². The van der Waals surface area contributed by atoms with Crippen LogP contribution in [-0.2, 0) is 9.47 Å². The van der Waals surface area contributed by atoms with Gasteiger partial charge in [0, 0.05) is 33.0 Å². The standard InChI is InChI=1S/C15H22N2O4/c1-4-21-11-7-5-6-10(16)14(11)15(18)17-8-12(19-2)13(9-17)20-3/h5-7,12-13H,4,8-9,16H2,1-3H3. The lowest BCUT2D eigenvalue weighted by Gasteiger charge is -2.19. The summed E-state index contributed by atoms with van der Waals surface area (Å²) in [4.78, 5) is 14.4. The minimum atomic E-state index is -0.154. The summed E-state index contributed by atoms with van der Waals surface area (Å²) < 4.78 is 16.2. The Morgan fingerprint density at radius 1 is 1.29 bits per heavy atom. The molecule has 21 heavy (non-hydrogen) atoms. The molecule has 0 radical (unpaired) electrons. The molecule has 1 saturated heterocycles. The Kier molecular flexibility index (Phi) is 5.03. The first-order valence-electron chi connectivity index (χ1n) is 6.98. The number of likely N-dealkylation sites (tertiary alicyclic amines) is 1. The number of hydrogen-bond acceptors (Lipinski definition) is 5. The van der Waals surface area contributed by atoms with Gasteiger partial charge in [-0.3, -0.25) is 4.79 Å². The normalized spacial score (nSPS) is 21.6. The summed E-state index contributed by atoms with van der Waals surface area (Å²) in [5, 5.41) is 0. The third-order valence-corrected chi connectivity index (χ3v) is 3.68. The zero-order valence-electron chi connectivity index (χ0n) is 12.7. The van der Waals surface area contributed by atoms with Crippen LogP contribution in [0.2, 0.25) is 0 Å². The molecule has 6 heteroatoms. The summed E-state index contributed by atoms with van der Waals surface area (Å²) in [5.74, 6) is 0.357. The molecule has 116 valence electrons. The fourth-order valence-corrected chi connectivity index (χ4v) is 2.57. The van der Waals surface area contributed by atoms with Crippen molar-refractivity contribution in [2.45, 2.75) is 19.1 Å². The number of amides is 1. The van der Waals surface area contributed by atoms with Gasteiger partial charge < -0.3 is 24.8 Å². The first-order chi connectivity index (χ1) is 10.1. The monoisotopic (exact) mass is 294 g/mol. The predicted octanol–water partition coefficient (Wildman–Crippen LogP) is 1.15. The number of benzene rings is 1. The summed E-state index contributed by atoms with van der Waals surface area (Å²) in [5.41, 5.74) is 6.79. The summed E-state index contributed by atoms with van der Waals surface area (Å²) in [6, 6.07) is 5.23. The fraction of sp³-hybridized carbons (Fsp3) is 0.533. The van der Waals surface area contributed by atoms with Gasteiger partial charge in [-0.15, -0.1) is 0 Å². The van der Waals surface area contributed by atoms with Gasteiger partial charge >= 0.3 is 0 Å². The number of nitrogens with zero attached hydrogens (tertiary/aromatic N) is 1. The lowest BCUT2D eigenvalue weighted by Crippen LogP contribution is -2.31. The van der Waals surface area contributed by atoms with Crippen molar-refractivity contribution in [3.8, 4) is 5.75 Å². The van der Waals surface area contributed by atoms with Crippen molar-refractivity contribution >= 4 is 11.6 Å². The van der Waals surface area contributed by atoms with Gasteiger partial charge in [0.05, 0.1) is 6.61 Å². The molecule has 0 bridgehead atoms. The number of carbonyl (C=O) groups is 1. The van der Waals surface area contributed by atoms with Gasteiger partial charge in [-0.25, -0.2) is 0 Å². The number of nitrogens with two attached hydrogens (primary N) is 1. The minimum absolute atomic E-state index is 0.126. The lowest BCUT2D eigenvalue weighted by molar-refractivity contribution is -0.00461. The van der Waals surface area contributed by atoms with Crippen molar-refractivity contribution in [3.05, 3.63) is 23.8 Å². The van der Waals surface area contributed by atoms with Crippen LogP contribution in [0.3, 0.4) is 0 Å². The summed E-state index contributed by atoms with van der Waals surface area (Å²) in [7, 11) is 3.24. The van der Waals surface area contributed by atoms with Crippen molar-refractivity contribution in [1.82, 2.24) is 4.90 Å². The zero-order chi connectivity index (χ0) is 15.4. The van der Waals surface area contributed by atoms with Gasteiger partial charge in [0.15, 0.2) is 0 Å². The number of carbonyl (C=O) groups excluding carboxylic acids is 1. The topological polar surface area (TPSA) is 74.0 Å². The second kappa shape index (κ2) is 6.78. The molecule has 2 rings (SSSR count). The highest BCUT2D eigenvalue weighted by molar-refractivity contribution is 6.02. The molecular weight excluding hydrogens is 272 g/mol. The Morgan fingerprint density at radius 3 is 2.43 bits per heavy atom. The highest BCUT2D eigenvalue weighted by Crippen LogP contribution is 2.28. The van der Waals surface area contributed by atoms with Crippen LogP contribution in [0.5, 0.6) is 5.75 Å². The molecule has 2 unspecified atom stereocenters. The van der Waals surface area contributed by atoms with Crippen molar-refractivity contribution in [2.75, 3.05) is 39.6 Å². The molecule has 1 aliphatic rings. The van der Waals surface area contributed by atoms with Crippen LogP contribution in [0.4, 0.5) is 5.69 Å². The lowest BCUT2D eigenvalue weighted by atomic mass is 10.1. The maximum atomic E-state index is 12.7. The maximum absolute atomic E-state index is 12.7. The second-order valence-corrected chi connectivity index (χ2v) is 4.91. The van der Waals surface area contributed by atoms with Gasteiger partial charge in [-0.05, 0) is 19.1 Å². The average molecular weight is 294 g/mol. The Bertz CT molecular complexity index is 494. The third-order valence-electron chi connectivity index (χ3n) is 3.68. The van der Waals surface area contributed by atoms with E-state index in [0.29, 0.717) is 36.7 Å². The number of ether oxygens (including phenoxy) is 3. The zero-order valence-corrected chi connectivity index (χ0v) is 12.7. The molecule has 6 nitrogen and oxygen atoms in total. The summed E-state index contributed by atoms with van der Waals surface area (Å²) in [6.45, 7) is 3.31. The molecule has 0 spiro atoms. The van der Waals surface area contributed by atoms with Gasteiger partial charge in [0.2, 0.25) is 0 Å². The quantitative estimate of drug-likeness (QED) is 0.825. The average Bonchev–Trinajstić information content (AvgIpc) is 2.90. The van der Waals surface area contributed by atoms with E-state index < -0.39 is 0 Å². The predicted molar refractivity (Wildman–Crippen MR) is 79.5 cm³/mol. The van der Waals surface area contributed by atoms with Crippen LogP contribution in [0.1, 0.15) is 17.3 Å². The van der Waals surface area contributed by atoms with E-state index in [9.17, 15) is 4.79 Å². The molecule has 2 N–H and O–H groups in total. The molecule has 1 aromatic rings. The molecular formula is C15H22N2O4. The maximum Gasteiger partial charge on any atom is 0.259 e. The van der Waals surface area contributed by atoms with Gasteiger partial charge in [0.1, 0.15) is 23.5 Å². The largest absolute Gasteiger partial charge is 0.493 e. The van der Waals surface area contributed by atoms with Crippen LogP contribution in [0.25, 0.3) is 0 Å². The number of nitrogen functional groups attached to an aromatic ring is 1. The van der Waals surface area contributed by atoms with Crippen LogP contribution in [0.15, 0.2) is 18.2 Å². The SMILES string of the molecule is CCOc1cccc(N)c1C(=O)N1CC(OC)C(OC)C1. The van der Waals surface area contributed by atoms with Crippen molar-refractivity contribution < 1.29 is 19.0 Å². The second-order valence-electron chi connectivity index (χ2n) is 4.91. The molecule has 0 aromatic heterocycles. The fourth-order valence-electron chi connectivity index (χ4n) is 2.57. The van der Waals surface area contributed by atoms with Crippen LogP contribution < -0.4 is 10.5 Å². The van der Waals surface area contributed by atoms with E-state index in [0.717, 1.165) is 0 Å². The number of hydrogen-bond donors (Lipinski definition) is 1. The van der Waals surface area contributed by atoms with Crippen LogP contribution >= 0.6 is 0 Å². The van der Waals surface area contributed by atoms with E-state index >= 15 is 0 Å². The molecule has 0 aliphatic carbocycles.